The van der Waals surface area contributed by atoms with Gasteiger partial charge in [0.25, 0.3) is 0 Å². The van der Waals surface area contributed by atoms with Gasteiger partial charge in [0.2, 0.25) is 0 Å². The lowest BCUT2D eigenvalue weighted by Crippen LogP contribution is -2.16. The Morgan fingerprint density at radius 2 is 1.50 bits per heavy atom. The van der Waals surface area contributed by atoms with Gasteiger partial charge in [-0.25, -0.2) is 0 Å². The van der Waals surface area contributed by atoms with Crippen molar-refractivity contribution in [3.05, 3.63) is 109 Å². The molecule has 2 heteroatoms. The molecule has 0 aliphatic carbocycles. The van der Waals surface area contributed by atoms with Crippen LogP contribution >= 0.6 is 0 Å². The topological polar surface area (TPSA) is 29.3 Å². The summed E-state index contributed by atoms with van der Waals surface area (Å²) < 4.78 is 0. The fraction of sp³-hybridized carbons (Fsp3) is 0.0769. The van der Waals surface area contributed by atoms with Gasteiger partial charge in [0, 0.05) is 19.3 Å². The Hall–Kier alpha value is -3.52. The molecule has 0 aromatic heterocycles. The molecule has 2 N–H and O–H groups in total. The van der Waals surface area contributed by atoms with Crippen molar-refractivity contribution in [2.24, 2.45) is 5.73 Å². The molecule has 1 aliphatic rings. The third-order valence-electron chi connectivity index (χ3n) is 5.13. The Bertz CT molecular complexity index is 1130. The highest BCUT2D eigenvalue weighted by atomic mass is 15.1. The van der Waals surface area contributed by atoms with Gasteiger partial charge < -0.3 is 10.6 Å². The summed E-state index contributed by atoms with van der Waals surface area (Å²) in [5, 5.41) is 4.89. The van der Waals surface area contributed by atoms with Gasteiger partial charge >= 0.3 is 0 Å². The van der Waals surface area contributed by atoms with Crippen molar-refractivity contribution in [1.29, 1.82) is 0 Å². The fourth-order valence-corrected chi connectivity index (χ4v) is 3.95. The number of hydrogen-bond donors (Lipinski definition) is 1. The monoisotopic (exact) mass is 364 g/mol. The van der Waals surface area contributed by atoms with E-state index in [1.54, 1.807) is 0 Å². The van der Waals surface area contributed by atoms with Crippen LogP contribution < -0.4 is 5.73 Å². The van der Waals surface area contributed by atoms with E-state index in [9.17, 15) is 0 Å². The normalized spacial score (nSPS) is 14.0. The lowest BCUT2D eigenvalue weighted by molar-refractivity contribution is 0.513. The van der Waals surface area contributed by atoms with Gasteiger partial charge in [-0.05, 0) is 62.2 Å². The molecular formula is C26H24N2. The van der Waals surface area contributed by atoms with Crippen LogP contribution in [0.25, 0.3) is 32.7 Å². The average Bonchev–Trinajstić information content (AvgIpc) is 2.70. The van der Waals surface area contributed by atoms with Crippen LogP contribution in [-0.2, 0) is 0 Å². The number of allylic oxidation sites excluding steroid dienone is 5. The molecule has 0 amide bonds. The molecule has 2 nitrogen and oxygen atoms in total. The van der Waals surface area contributed by atoms with E-state index in [0.29, 0.717) is 5.70 Å². The highest BCUT2D eigenvalue weighted by Crippen LogP contribution is 2.40. The zero-order valence-electron chi connectivity index (χ0n) is 16.2. The molecule has 28 heavy (non-hydrogen) atoms. The maximum atomic E-state index is 5.74. The molecule has 0 bridgehead atoms. The van der Waals surface area contributed by atoms with Gasteiger partial charge in [-0.2, -0.15) is 0 Å². The standard InChI is InChI=1S/C26H24N2/c1-18(14-15-19(2)27)25-21-10-4-6-12-23(21)26(20-9-8-16-28(3)17-20)24-13-7-5-11-22(24)25/h4-16H,1-2,17,27H2,3H3/b15-14-. The molecule has 4 rings (SSSR count). The number of nitrogens with zero attached hydrogens (tertiary/aromatic N) is 1. The van der Waals surface area contributed by atoms with Crippen molar-refractivity contribution >= 4 is 32.7 Å². The minimum Gasteiger partial charge on any atom is -0.399 e. The van der Waals surface area contributed by atoms with Crippen LogP contribution in [0.2, 0.25) is 0 Å². The molecule has 3 aromatic carbocycles. The molecule has 0 radical (unpaired) electrons. The largest absolute Gasteiger partial charge is 0.399 e. The van der Waals surface area contributed by atoms with Gasteiger partial charge in [0.05, 0.1) is 0 Å². The number of likely N-dealkylation sites (N-methyl/N-ethyl adjacent to an activating group) is 1. The van der Waals surface area contributed by atoms with Gasteiger partial charge in [-0.1, -0.05) is 73.8 Å². The summed E-state index contributed by atoms with van der Waals surface area (Å²) in [7, 11) is 2.11. The van der Waals surface area contributed by atoms with Crippen molar-refractivity contribution in [2.45, 2.75) is 0 Å². The first-order chi connectivity index (χ1) is 13.6. The van der Waals surface area contributed by atoms with Crippen LogP contribution in [0.15, 0.2) is 97.9 Å². The predicted octanol–water partition coefficient (Wildman–Crippen LogP) is 5.88. The molecule has 0 saturated carbocycles. The summed E-state index contributed by atoms with van der Waals surface area (Å²) in [4.78, 5) is 2.21. The van der Waals surface area contributed by atoms with Crippen LogP contribution in [0, 0.1) is 0 Å². The van der Waals surface area contributed by atoms with E-state index in [0.717, 1.165) is 17.7 Å². The Balaban J connectivity index is 2.09. The first-order valence-electron chi connectivity index (χ1n) is 9.39. The highest BCUT2D eigenvalue weighted by Gasteiger charge is 2.18. The molecule has 0 spiro atoms. The Morgan fingerprint density at radius 3 is 2.04 bits per heavy atom. The molecule has 3 aromatic rings. The summed E-state index contributed by atoms with van der Waals surface area (Å²) in [6, 6.07) is 17.2. The molecule has 0 unspecified atom stereocenters. The highest BCUT2D eigenvalue weighted by molar-refractivity contribution is 6.16. The maximum absolute atomic E-state index is 5.74. The van der Waals surface area contributed by atoms with Crippen LogP contribution in [0.4, 0.5) is 0 Å². The summed E-state index contributed by atoms with van der Waals surface area (Å²) in [5.41, 5.74) is 11.0. The van der Waals surface area contributed by atoms with Crippen molar-refractivity contribution in [3.8, 4) is 0 Å². The molecule has 0 fully saturated rings. The molecule has 1 aliphatic heterocycles. The van der Waals surface area contributed by atoms with E-state index in [2.05, 4.69) is 92.0 Å². The summed E-state index contributed by atoms with van der Waals surface area (Å²) in [6.45, 7) is 8.98. The van der Waals surface area contributed by atoms with Gasteiger partial charge in [-0.15, -0.1) is 0 Å². The number of benzene rings is 3. The second-order valence-corrected chi connectivity index (χ2v) is 7.22. The third-order valence-corrected chi connectivity index (χ3v) is 5.13. The zero-order chi connectivity index (χ0) is 19.7. The van der Waals surface area contributed by atoms with Crippen LogP contribution in [0.1, 0.15) is 11.1 Å². The summed E-state index contributed by atoms with van der Waals surface area (Å²) >= 11 is 0. The summed E-state index contributed by atoms with van der Waals surface area (Å²) in [5.74, 6) is 0. The lowest BCUT2D eigenvalue weighted by Gasteiger charge is -2.24. The van der Waals surface area contributed by atoms with Gasteiger partial charge in [0.15, 0.2) is 0 Å². The molecule has 0 atom stereocenters. The fourth-order valence-electron chi connectivity index (χ4n) is 3.95. The van der Waals surface area contributed by atoms with E-state index < -0.39 is 0 Å². The number of hydrogen-bond acceptors (Lipinski definition) is 2. The SMILES string of the molecule is C=C(N)/C=C\C(=C)c1c2ccccc2c(C2=CC=CN(C)C2)c2ccccc12. The van der Waals surface area contributed by atoms with Gasteiger partial charge in [0.1, 0.15) is 0 Å². The molecular weight excluding hydrogens is 340 g/mol. The van der Waals surface area contributed by atoms with Crippen LogP contribution in [-0.4, -0.2) is 18.5 Å². The second kappa shape index (κ2) is 7.24. The van der Waals surface area contributed by atoms with E-state index >= 15 is 0 Å². The second-order valence-electron chi connectivity index (χ2n) is 7.22. The van der Waals surface area contributed by atoms with Crippen molar-refractivity contribution in [1.82, 2.24) is 4.90 Å². The van der Waals surface area contributed by atoms with Crippen molar-refractivity contribution < 1.29 is 0 Å². The zero-order valence-corrected chi connectivity index (χ0v) is 16.2. The summed E-state index contributed by atoms with van der Waals surface area (Å²) in [6.07, 6.45) is 10.2. The first-order valence-corrected chi connectivity index (χ1v) is 9.39. The minimum atomic E-state index is 0.522. The van der Waals surface area contributed by atoms with Gasteiger partial charge in [-0.3, -0.25) is 0 Å². The smallest absolute Gasteiger partial charge is 0.0427 e. The van der Waals surface area contributed by atoms with Crippen LogP contribution in [0.3, 0.4) is 0 Å². The van der Waals surface area contributed by atoms with Crippen molar-refractivity contribution in [2.75, 3.05) is 13.6 Å². The average molecular weight is 364 g/mol. The lowest BCUT2D eigenvalue weighted by atomic mass is 9.85. The number of fused-ring (bicyclic) bond motifs is 2. The predicted molar refractivity (Wildman–Crippen MR) is 123 cm³/mol. The Labute approximate surface area is 166 Å². The molecule has 1 heterocycles. The Kier molecular flexibility index (Phi) is 4.62. The maximum Gasteiger partial charge on any atom is 0.0427 e. The van der Waals surface area contributed by atoms with Crippen LogP contribution in [0.5, 0.6) is 0 Å². The van der Waals surface area contributed by atoms with Crippen molar-refractivity contribution in [3.63, 3.8) is 0 Å². The molecule has 0 saturated heterocycles. The van der Waals surface area contributed by atoms with E-state index in [1.165, 1.54) is 32.7 Å². The van der Waals surface area contributed by atoms with E-state index in [1.807, 2.05) is 12.2 Å². The quantitative estimate of drug-likeness (QED) is 0.463. The minimum absolute atomic E-state index is 0.522. The van der Waals surface area contributed by atoms with E-state index in [-0.39, 0.29) is 0 Å². The number of rotatable bonds is 4. The molecule has 138 valence electrons. The third kappa shape index (κ3) is 3.14. The number of nitrogens with two attached hydrogens (primary N) is 1. The first kappa shape index (κ1) is 17.9. The van der Waals surface area contributed by atoms with E-state index in [4.69, 9.17) is 5.73 Å². The Morgan fingerprint density at radius 1 is 0.929 bits per heavy atom.